The standard InChI is InChI=1S/C51H82N4O11/c1-12-42-51(8,60)46(58)35(4)43(54-62-28-27-52-25-18-13-14-19-26-53-32-38-21-20-24-40(30-38)64-39-22-16-15-17-23-39)33(2)31-50(7,61-11)47(36(5)44(56)37(6)48(59)65-42)66-49-45(57)41(55(9)10)29-34(3)63-49/h15-17,20-24,30,33-37,41-42,45-47,49,52-53,57-58,60H,12-14,18-19,25-29,31-32H2,1-11H3/b54-43+/t33-,34-,35+,36+,37-,41+,42+,45-,46-,47-,49+,50+,51-/m1/s1. The van der Waals surface area contributed by atoms with Crippen molar-refractivity contribution in [3.8, 4) is 11.5 Å². The number of carbonyl (C=O) groups excluding carboxylic acids is 2. The fourth-order valence-corrected chi connectivity index (χ4v) is 9.41. The molecular weight excluding hydrogens is 845 g/mol. The van der Waals surface area contributed by atoms with Gasteiger partial charge in [0, 0.05) is 44.0 Å². The number of likely N-dealkylation sites (N-methyl/N-ethyl adjacent to an activating group) is 1. The first-order valence-electron chi connectivity index (χ1n) is 24.1. The highest BCUT2D eigenvalue weighted by Gasteiger charge is 2.51. The zero-order chi connectivity index (χ0) is 48.6. The Bertz CT molecular complexity index is 1800. The molecule has 372 valence electrons. The number of para-hydroxylation sites is 1. The maximum Gasteiger partial charge on any atom is 0.316 e. The van der Waals surface area contributed by atoms with Crippen LogP contribution in [0.5, 0.6) is 11.5 Å². The normalized spacial score (nSPS) is 33.4. The van der Waals surface area contributed by atoms with Crippen LogP contribution >= 0.6 is 0 Å². The van der Waals surface area contributed by atoms with Crippen LogP contribution in [-0.2, 0) is 39.9 Å². The second-order valence-corrected chi connectivity index (χ2v) is 19.2. The average molecular weight is 927 g/mol. The summed E-state index contributed by atoms with van der Waals surface area (Å²) in [6, 6.07) is 17.6. The number of esters is 1. The second kappa shape index (κ2) is 26.3. The van der Waals surface area contributed by atoms with Crippen molar-refractivity contribution in [1.82, 2.24) is 15.5 Å². The molecule has 0 aliphatic carbocycles. The maximum absolute atomic E-state index is 14.2. The van der Waals surface area contributed by atoms with Crippen LogP contribution in [0.4, 0.5) is 0 Å². The smallest absolute Gasteiger partial charge is 0.316 e. The first-order valence-corrected chi connectivity index (χ1v) is 24.1. The van der Waals surface area contributed by atoms with Crippen molar-refractivity contribution in [2.75, 3.05) is 47.4 Å². The molecule has 0 spiro atoms. The number of methoxy groups -OCH3 is 1. The van der Waals surface area contributed by atoms with Gasteiger partial charge < -0.3 is 59.4 Å². The van der Waals surface area contributed by atoms with Gasteiger partial charge in [-0.15, -0.1) is 0 Å². The molecule has 5 N–H and O–H groups in total. The number of ketones is 1. The third-order valence-corrected chi connectivity index (χ3v) is 13.5. The Morgan fingerprint density at radius 3 is 2.20 bits per heavy atom. The topological polar surface area (TPSA) is 190 Å². The van der Waals surface area contributed by atoms with E-state index in [1.165, 1.54) is 26.5 Å². The van der Waals surface area contributed by atoms with Crippen LogP contribution in [-0.4, -0.2) is 139 Å². The zero-order valence-corrected chi connectivity index (χ0v) is 41.5. The third kappa shape index (κ3) is 15.2. The molecule has 2 heterocycles. The largest absolute Gasteiger partial charge is 0.459 e. The average Bonchev–Trinajstić information content (AvgIpc) is 3.29. The SMILES string of the molecule is CC[C@@H]1OC(=O)[C@H](C)C(=O)[C@H](C)[C@@H](O[C@@H]2O[C@H](C)C[C@H](N(C)C)[C@H]2O)[C@@](C)(OC)C[C@@H](C)/C(=N\OCCNCCCCCCNCc2cccc(Oc3ccccc3)c2)[C@H](C)[C@@H](O)[C@]1(C)O. The minimum atomic E-state index is -1.91. The monoisotopic (exact) mass is 927 g/mol. The number of cyclic esters (lactones) is 1. The van der Waals surface area contributed by atoms with E-state index in [1.807, 2.05) is 82.2 Å². The Kier molecular flexibility index (Phi) is 22.0. The molecule has 0 unspecified atom stereocenters. The lowest BCUT2D eigenvalue weighted by Crippen LogP contribution is -2.60. The van der Waals surface area contributed by atoms with E-state index in [1.54, 1.807) is 20.8 Å². The van der Waals surface area contributed by atoms with Gasteiger partial charge in [-0.1, -0.05) is 76.0 Å². The van der Waals surface area contributed by atoms with Crippen LogP contribution in [0.15, 0.2) is 59.8 Å². The van der Waals surface area contributed by atoms with Gasteiger partial charge in [0.1, 0.15) is 41.8 Å². The van der Waals surface area contributed by atoms with Crippen molar-refractivity contribution in [2.45, 2.75) is 161 Å². The zero-order valence-electron chi connectivity index (χ0n) is 41.5. The molecule has 2 aliphatic heterocycles. The lowest BCUT2D eigenvalue weighted by molar-refractivity contribution is -0.295. The highest BCUT2D eigenvalue weighted by Crippen LogP contribution is 2.39. The molecule has 66 heavy (non-hydrogen) atoms. The Morgan fingerprint density at radius 1 is 0.879 bits per heavy atom. The maximum atomic E-state index is 14.2. The molecule has 2 aliphatic rings. The molecule has 0 bridgehead atoms. The molecule has 13 atom stereocenters. The quantitative estimate of drug-likeness (QED) is 0.0433. The van der Waals surface area contributed by atoms with Crippen molar-refractivity contribution in [3.63, 3.8) is 0 Å². The van der Waals surface area contributed by atoms with Gasteiger partial charge in [0.25, 0.3) is 0 Å². The van der Waals surface area contributed by atoms with Crippen LogP contribution in [0.25, 0.3) is 0 Å². The van der Waals surface area contributed by atoms with Gasteiger partial charge in [-0.25, -0.2) is 0 Å². The Labute approximate surface area is 394 Å². The predicted octanol–water partition coefficient (Wildman–Crippen LogP) is 6.26. The molecule has 0 amide bonds. The number of ether oxygens (including phenoxy) is 5. The molecule has 2 aromatic carbocycles. The third-order valence-electron chi connectivity index (χ3n) is 13.5. The van der Waals surface area contributed by atoms with Crippen molar-refractivity contribution < 1.29 is 53.4 Å². The molecular formula is C51H82N4O11. The first kappa shape index (κ1) is 55.1. The fourth-order valence-electron chi connectivity index (χ4n) is 9.41. The van der Waals surface area contributed by atoms with Crippen molar-refractivity contribution in [1.29, 1.82) is 0 Å². The lowest BCUT2D eigenvalue weighted by Gasteiger charge is -2.47. The van der Waals surface area contributed by atoms with Gasteiger partial charge in [0.2, 0.25) is 0 Å². The van der Waals surface area contributed by atoms with E-state index in [2.05, 4.69) is 27.9 Å². The number of Topliss-reactive ketones (excluding diaryl/α,β-unsaturated/α-hetero) is 1. The number of hydrogen-bond acceptors (Lipinski definition) is 15. The lowest BCUT2D eigenvalue weighted by atomic mass is 9.74. The van der Waals surface area contributed by atoms with Crippen molar-refractivity contribution >= 4 is 17.5 Å². The van der Waals surface area contributed by atoms with Gasteiger partial charge in [0.05, 0.1) is 29.6 Å². The van der Waals surface area contributed by atoms with Crippen LogP contribution in [0.1, 0.15) is 106 Å². The number of rotatable bonds is 20. The second-order valence-electron chi connectivity index (χ2n) is 19.2. The number of nitrogens with one attached hydrogen (secondary N) is 2. The van der Waals surface area contributed by atoms with Gasteiger partial charge in [0.15, 0.2) is 12.1 Å². The van der Waals surface area contributed by atoms with Crippen molar-refractivity contribution in [3.05, 3.63) is 60.2 Å². The van der Waals surface area contributed by atoms with Crippen LogP contribution in [0.2, 0.25) is 0 Å². The van der Waals surface area contributed by atoms with Gasteiger partial charge >= 0.3 is 5.97 Å². The highest BCUT2D eigenvalue weighted by atomic mass is 16.7. The van der Waals surface area contributed by atoms with E-state index in [9.17, 15) is 24.9 Å². The summed E-state index contributed by atoms with van der Waals surface area (Å²) in [5.74, 6) is -3.04. The fraction of sp³-hybridized carbons (Fsp3) is 0.706. The molecule has 2 fully saturated rings. The predicted molar refractivity (Wildman–Crippen MR) is 255 cm³/mol. The van der Waals surface area contributed by atoms with Gasteiger partial charge in [-0.2, -0.15) is 0 Å². The first-order chi connectivity index (χ1) is 31.3. The molecule has 4 rings (SSSR count). The number of carbonyl (C=O) groups is 2. The Morgan fingerprint density at radius 2 is 1.55 bits per heavy atom. The molecule has 2 aromatic rings. The number of nitrogens with zero attached hydrogens (tertiary/aromatic N) is 2. The number of oxime groups is 1. The van der Waals surface area contributed by atoms with E-state index >= 15 is 0 Å². The Balaban J connectivity index is 1.38. The van der Waals surface area contributed by atoms with E-state index in [4.69, 9.17) is 28.5 Å². The summed E-state index contributed by atoms with van der Waals surface area (Å²) in [6.07, 6.45) is -0.714. The molecule has 15 nitrogen and oxygen atoms in total. The van der Waals surface area contributed by atoms with Crippen LogP contribution in [0, 0.1) is 23.7 Å². The number of aliphatic hydroxyl groups excluding tert-OH is 2. The van der Waals surface area contributed by atoms with Crippen LogP contribution < -0.4 is 15.4 Å². The van der Waals surface area contributed by atoms with Crippen molar-refractivity contribution in [2.24, 2.45) is 28.8 Å². The number of unbranched alkanes of at least 4 members (excludes halogenated alkanes) is 3. The summed E-state index contributed by atoms with van der Waals surface area (Å²) < 4.78 is 30.9. The summed E-state index contributed by atoms with van der Waals surface area (Å²) in [4.78, 5) is 35.7. The summed E-state index contributed by atoms with van der Waals surface area (Å²) in [7, 11) is 5.29. The van der Waals surface area contributed by atoms with E-state index in [-0.39, 0.29) is 31.6 Å². The highest BCUT2D eigenvalue weighted by molar-refractivity contribution is 6.00. The Hall–Kier alpha value is -3.51. The number of hydrogen-bond donors (Lipinski definition) is 5. The summed E-state index contributed by atoms with van der Waals surface area (Å²) in [6.45, 7) is 17.1. The summed E-state index contributed by atoms with van der Waals surface area (Å²) in [5, 5.41) is 46.8. The minimum absolute atomic E-state index is 0.177. The molecule has 0 radical (unpaired) electrons. The van der Waals surface area contributed by atoms with Crippen LogP contribution in [0.3, 0.4) is 0 Å². The van der Waals surface area contributed by atoms with Gasteiger partial charge in [-0.05, 0) is 117 Å². The molecule has 0 aromatic heterocycles. The molecule has 0 saturated carbocycles. The summed E-state index contributed by atoms with van der Waals surface area (Å²) >= 11 is 0. The van der Waals surface area contributed by atoms with E-state index < -0.39 is 77.3 Å². The van der Waals surface area contributed by atoms with Gasteiger partial charge in [-0.3, -0.25) is 9.59 Å². The molecule has 2 saturated heterocycles. The number of benzene rings is 2. The number of aliphatic hydroxyl groups is 3. The van der Waals surface area contributed by atoms with E-state index in [0.29, 0.717) is 18.7 Å². The van der Waals surface area contributed by atoms with E-state index in [0.717, 1.165) is 56.8 Å². The summed E-state index contributed by atoms with van der Waals surface area (Å²) in [5.41, 5.74) is -1.50. The minimum Gasteiger partial charge on any atom is -0.459 e. The molecule has 15 heteroatoms.